The second kappa shape index (κ2) is 3.58. The zero-order chi connectivity index (χ0) is 9.31. The molecule has 0 spiro atoms. The fourth-order valence-corrected chi connectivity index (χ4v) is 2.13. The smallest absolute Gasteiger partial charge is 0.0107 e. The minimum atomic E-state index is 0.569. The monoisotopic (exact) mass is 182 g/mol. The molecule has 1 N–H and O–H groups in total. The van der Waals surface area contributed by atoms with Crippen LogP contribution in [-0.2, 0) is 0 Å². The van der Waals surface area contributed by atoms with Gasteiger partial charge < -0.3 is 10.2 Å². The third kappa shape index (κ3) is 2.96. The summed E-state index contributed by atoms with van der Waals surface area (Å²) in [5, 5.41) is 3.57. The Balaban J connectivity index is 1.59. The van der Waals surface area contributed by atoms with Crippen molar-refractivity contribution in [2.45, 2.75) is 39.2 Å². The lowest BCUT2D eigenvalue weighted by molar-refractivity contribution is 0.290. The van der Waals surface area contributed by atoms with Crippen molar-refractivity contribution in [1.82, 2.24) is 10.2 Å². The Labute approximate surface area is 81.7 Å². The van der Waals surface area contributed by atoms with Crippen LogP contribution in [0.2, 0.25) is 0 Å². The van der Waals surface area contributed by atoms with Crippen molar-refractivity contribution >= 4 is 0 Å². The lowest BCUT2D eigenvalue weighted by Crippen LogP contribution is -2.32. The Hall–Kier alpha value is -0.0800. The minimum Gasteiger partial charge on any atom is -0.313 e. The molecule has 0 unspecified atom stereocenters. The minimum absolute atomic E-state index is 0.569. The molecule has 1 saturated carbocycles. The molecule has 0 bridgehead atoms. The normalized spacial score (nSPS) is 28.2. The van der Waals surface area contributed by atoms with Gasteiger partial charge in [-0.05, 0) is 31.2 Å². The van der Waals surface area contributed by atoms with E-state index in [0.29, 0.717) is 5.41 Å². The molecule has 0 aromatic carbocycles. The van der Waals surface area contributed by atoms with Crippen molar-refractivity contribution in [3.8, 4) is 0 Å². The molecule has 0 atom stereocenters. The Morgan fingerprint density at radius 3 is 2.69 bits per heavy atom. The predicted molar refractivity (Wildman–Crippen MR) is 55.9 cm³/mol. The second-order valence-corrected chi connectivity index (χ2v) is 5.42. The number of hydrogen-bond acceptors (Lipinski definition) is 2. The summed E-state index contributed by atoms with van der Waals surface area (Å²) in [7, 11) is 0. The van der Waals surface area contributed by atoms with Crippen molar-refractivity contribution in [3.63, 3.8) is 0 Å². The molecule has 0 radical (unpaired) electrons. The van der Waals surface area contributed by atoms with Gasteiger partial charge in [0.25, 0.3) is 0 Å². The van der Waals surface area contributed by atoms with E-state index in [0.717, 1.165) is 6.04 Å². The van der Waals surface area contributed by atoms with E-state index in [1.54, 1.807) is 0 Å². The van der Waals surface area contributed by atoms with Gasteiger partial charge in [-0.15, -0.1) is 0 Å². The van der Waals surface area contributed by atoms with E-state index in [4.69, 9.17) is 0 Å². The molecule has 0 amide bonds. The number of rotatable bonds is 4. The summed E-state index contributed by atoms with van der Waals surface area (Å²) in [5.74, 6) is 0. The van der Waals surface area contributed by atoms with Crippen LogP contribution in [-0.4, -0.2) is 37.1 Å². The Morgan fingerprint density at radius 2 is 2.15 bits per heavy atom. The fraction of sp³-hybridized carbons (Fsp3) is 1.00. The van der Waals surface area contributed by atoms with Crippen LogP contribution in [0.3, 0.4) is 0 Å². The van der Waals surface area contributed by atoms with Crippen LogP contribution in [0.25, 0.3) is 0 Å². The first-order valence-electron chi connectivity index (χ1n) is 5.61. The topological polar surface area (TPSA) is 15.3 Å². The first-order chi connectivity index (χ1) is 6.16. The average molecular weight is 182 g/mol. The van der Waals surface area contributed by atoms with Crippen LogP contribution in [0.15, 0.2) is 0 Å². The second-order valence-electron chi connectivity index (χ2n) is 5.42. The highest BCUT2D eigenvalue weighted by Crippen LogP contribution is 2.28. The van der Waals surface area contributed by atoms with Crippen LogP contribution in [0.1, 0.15) is 33.1 Å². The Bertz CT molecular complexity index is 173. The molecular formula is C11H22N2. The van der Waals surface area contributed by atoms with Gasteiger partial charge in [-0.2, -0.15) is 0 Å². The van der Waals surface area contributed by atoms with E-state index >= 15 is 0 Å². The number of hydrogen-bond donors (Lipinski definition) is 1. The molecule has 1 aliphatic heterocycles. The van der Waals surface area contributed by atoms with E-state index < -0.39 is 0 Å². The molecule has 1 heterocycles. The zero-order valence-corrected chi connectivity index (χ0v) is 8.97. The van der Waals surface area contributed by atoms with Crippen LogP contribution >= 0.6 is 0 Å². The predicted octanol–water partition coefficient (Wildman–Crippen LogP) is 1.47. The molecule has 2 fully saturated rings. The van der Waals surface area contributed by atoms with E-state index in [2.05, 4.69) is 24.1 Å². The number of likely N-dealkylation sites (tertiary alicyclic amines) is 1. The quantitative estimate of drug-likeness (QED) is 0.708. The largest absolute Gasteiger partial charge is 0.313 e. The summed E-state index contributed by atoms with van der Waals surface area (Å²) in [6.07, 6.45) is 4.19. The molecule has 2 heteroatoms. The van der Waals surface area contributed by atoms with Gasteiger partial charge in [-0.3, -0.25) is 0 Å². The fourth-order valence-electron chi connectivity index (χ4n) is 2.13. The number of nitrogens with one attached hydrogen (secondary N) is 1. The van der Waals surface area contributed by atoms with Gasteiger partial charge in [0, 0.05) is 25.7 Å². The summed E-state index contributed by atoms with van der Waals surface area (Å²) >= 11 is 0. The Kier molecular flexibility index (Phi) is 2.61. The SMILES string of the molecule is CC1(C)CCN(CCNC2CC2)C1. The van der Waals surface area contributed by atoms with E-state index in [9.17, 15) is 0 Å². The third-order valence-electron chi connectivity index (χ3n) is 3.19. The summed E-state index contributed by atoms with van der Waals surface area (Å²) in [5.41, 5.74) is 0.569. The summed E-state index contributed by atoms with van der Waals surface area (Å²) in [6, 6.07) is 0.871. The standard InChI is InChI=1S/C11H22N2/c1-11(2)5-7-13(9-11)8-6-12-10-3-4-10/h10,12H,3-9H2,1-2H3. The van der Waals surface area contributed by atoms with Crippen molar-refractivity contribution in [1.29, 1.82) is 0 Å². The van der Waals surface area contributed by atoms with E-state index in [-0.39, 0.29) is 0 Å². The molecule has 1 aliphatic carbocycles. The maximum Gasteiger partial charge on any atom is 0.0107 e. The highest BCUT2D eigenvalue weighted by atomic mass is 15.2. The van der Waals surface area contributed by atoms with Gasteiger partial charge >= 0.3 is 0 Å². The van der Waals surface area contributed by atoms with Gasteiger partial charge in [0.2, 0.25) is 0 Å². The third-order valence-corrected chi connectivity index (χ3v) is 3.19. The maximum absolute atomic E-state index is 3.57. The molecule has 1 saturated heterocycles. The first-order valence-corrected chi connectivity index (χ1v) is 5.61. The lowest BCUT2D eigenvalue weighted by atomic mass is 9.93. The van der Waals surface area contributed by atoms with Crippen molar-refractivity contribution in [3.05, 3.63) is 0 Å². The van der Waals surface area contributed by atoms with Gasteiger partial charge in [0.05, 0.1) is 0 Å². The van der Waals surface area contributed by atoms with Gasteiger partial charge in [-0.1, -0.05) is 13.8 Å². The van der Waals surface area contributed by atoms with Gasteiger partial charge in [0.15, 0.2) is 0 Å². The molecule has 2 aliphatic rings. The molecule has 0 aromatic heterocycles. The van der Waals surface area contributed by atoms with Crippen LogP contribution < -0.4 is 5.32 Å². The average Bonchev–Trinajstić information content (AvgIpc) is 2.78. The first kappa shape index (κ1) is 9.47. The molecule has 76 valence electrons. The summed E-state index contributed by atoms with van der Waals surface area (Å²) in [6.45, 7) is 9.79. The zero-order valence-electron chi connectivity index (χ0n) is 8.97. The summed E-state index contributed by atoms with van der Waals surface area (Å²) < 4.78 is 0. The summed E-state index contributed by atoms with van der Waals surface area (Å²) in [4.78, 5) is 2.59. The van der Waals surface area contributed by atoms with Gasteiger partial charge in [0.1, 0.15) is 0 Å². The highest BCUT2D eigenvalue weighted by molar-refractivity contribution is 4.84. The molecule has 2 rings (SSSR count). The maximum atomic E-state index is 3.57. The van der Waals surface area contributed by atoms with Crippen LogP contribution in [0, 0.1) is 5.41 Å². The lowest BCUT2D eigenvalue weighted by Gasteiger charge is -2.19. The van der Waals surface area contributed by atoms with Gasteiger partial charge in [-0.25, -0.2) is 0 Å². The highest BCUT2D eigenvalue weighted by Gasteiger charge is 2.29. The van der Waals surface area contributed by atoms with Crippen LogP contribution in [0.4, 0.5) is 0 Å². The Morgan fingerprint density at radius 1 is 1.38 bits per heavy atom. The van der Waals surface area contributed by atoms with Crippen molar-refractivity contribution in [2.24, 2.45) is 5.41 Å². The van der Waals surface area contributed by atoms with Crippen LogP contribution in [0.5, 0.6) is 0 Å². The molecular weight excluding hydrogens is 160 g/mol. The van der Waals surface area contributed by atoms with E-state index in [1.807, 2.05) is 0 Å². The van der Waals surface area contributed by atoms with E-state index in [1.165, 1.54) is 45.4 Å². The van der Waals surface area contributed by atoms with Crippen molar-refractivity contribution in [2.75, 3.05) is 26.2 Å². The molecule has 2 nitrogen and oxygen atoms in total. The number of nitrogens with zero attached hydrogens (tertiary/aromatic N) is 1. The molecule has 0 aromatic rings. The van der Waals surface area contributed by atoms with Crippen molar-refractivity contribution < 1.29 is 0 Å². The molecule has 13 heavy (non-hydrogen) atoms.